The van der Waals surface area contributed by atoms with Crippen LogP contribution in [0, 0.1) is 11.7 Å². The number of esters is 1. The van der Waals surface area contributed by atoms with Gasteiger partial charge in [0.05, 0.1) is 31.6 Å². The van der Waals surface area contributed by atoms with E-state index in [2.05, 4.69) is 4.74 Å². The number of ketones is 1. The first-order chi connectivity index (χ1) is 14.9. The molecule has 1 aliphatic rings. The van der Waals surface area contributed by atoms with Crippen LogP contribution in [0.15, 0.2) is 12.1 Å². The van der Waals surface area contributed by atoms with Gasteiger partial charge in [-0.15, -0.1) is 11.3 Å². The molecule has 0 amide bonds. The molecule has 6 nitrogen and oxygen atoms in total. The summed E-state index contributed by atoms with van der Waals surface area (Å²) in [7, 11) is 2.80. The number of thiophene rings is 1. The van der Waals surface area contributed by atoms with Gasteiger partial charge >= 0.3 is 5.97 Å². The Morgan fingerprint density at radius 3 is 2.77 bits per heavy atom. The van der Waals surface area contributed by atoms with Crippen molar-refractivity contribution in [2.24, 2.45) is 5.92 Å². The molecule has 3 rings (SSSR count). The van der Waals surface area contributed by atoms with Crippen molar-refractivity contribution in [3.8, 4) is 5.75 Å². The third kappa shape index (κ3) is 5.81. The fourth-order valence-electron chi connectivity index (χ4n) is 3.68. The van der Waals surface area contributed by atoms with Crippen LogP contribution in [0.3, 0.4) is 0 Å². The second-order valence-corrected chi connectivity index (χ2v) is 8.80. The molecule has 31 heavy (non-hydrogen) atoms. The Morgan fingerprint density at radius 1 is 1.29 bits per heavy atom. The van der Waals surface area contributed by atoms with Crippen LogP contribution >= 0.6 is 11.3 Å². The first-order valence-electron chi connectivity index (χ1n) is 10.6. The molecule has 1 aliphatic heterocycles. The third-order valence-electron chi connectivity index (χ3n) is 5.42. The van der Waals surface area contributed by atoms with Crippen LogP contribution in [0.5, 0.6) is 5.75 Å². The topological polar surface area (TPSA) is 71.1 Å². The summed E-state index contributed by atoms with van der Waals surface area (Å²) in [6.45, 7) is 2.84. The molecule has 1 unspecified atom stereocenters. The number of methoxy groups -OCH3 is 2. The molecular weight excluding hydrogens is 423 g/mol. The van der Waals surface area contributed by atoms with Crippen LogP contribution in [0.25, 0.3) is 10.1 Å². The lowest BCUT2D eigenvalue weighted by Gasteiger charge is -2.22. The van der Waals surface area contributed by atoms with Crippen molar-refractivity contribution in [3.05, 3.63) is 28.4 Å². The minimum atomic E-state index is -0.550. The molecule has 2 heterocycles. The van der Waals surface area contributed by atoms with Crippen LogP contribution in [0.2, 0.25) is 0 Å². The molecule has 0 spiro atoms. The normalized spacial score (nSPS) is 17.5. The highest BCUT2D eigenvalue weighted by molar-refractivity contribution is 7.20. The Hall–Kier alpha value is -2.03. The predicted molar refractivity (Wildman–Crippen MR) is 116 cm³/mol. The van der Waals surface area contributed by atoms with Gasteiger partial charge in [-0.1, -0.05) is 6.92 Å². The summed E-state index contributed by atoms with van der Waals surface area (Å²) >= 11 is 1.20. The molecule has 0 N–H and O–H groups in total. The van der Waals surface area contributed by atoms with Crippen molar-refractivity contribution >= 4 is 33.2 Å². The molecular formula is C23H29FO6S. The van der Waals surface area contributed by atoms with Gasteiger partial charge in [0.1, 0.15) is 11.6 Å². The van der Waals surface area contributed by atoms with Crippen LogP contribution in [-0.4, -0.2) is 45.5 Å². The van der Waals surface area contributed by atoms with Crippen molar-refractivity contribution < 1.29 is 32.9 Å². The molecule has 1 aromatic carbocycles. The van der Waals surface area contributed by atoms with Gasteiger partial charge in [0.25, 0.3) is 0 Å². The fraction of sp³-hybridized carbons (Fsp3) is 0.565. The SMILES string of the molecule is COC(=O)[C@@H](C)CC(=O)c1cc2c(F)c(CCCOC3CCCCO3)c(OC)cc2s1. The Kier molecular flexibility index (Phi) is 8.40. The van der Waals surface area contributed by atoms with Crippen molar-refractivity contribution in [3.63, 3.8) is 0 Å². The number of carbonyl (C=O) groups excluding carboxylic acids is 2. The quantitative estimate of drug-likeness (QED) is 0.290. The van der Waals surface area contributed by atoms with Gasteiger partial charge in [-0.3, -0.25) is 9.59 Å². The zero-order valence-electron chi connectivity index (χ0n) is 18.2. The lowest BCUT2D eigenvalue weighted by molar-refractivity contribution is -0.162. The summed E-state index contributed by atoms with van der Waals surface area (Å²) < 4.78 is 37.3. The van der Waals surface area contributed by atoms with Gasteiger partial charge < -0.3 is 18.9 Å². The van der Waals surface area contributed by atoms with E-state index < -0.39 is 11.9 Å². The standard InChI is InChI=1S/C23H29FO6S/c1-14(23(26)28-3)11-17(25)20-12-16-19(31-20)13-18(27-2)15(22(16)24)7-6-10-30-21-8-4-5-9-29-21/h12-14,21H,4-11H2,1-3H3/t14-,21?/m0/s1. The molecule has 1 saturated heterocycles. The number of halogens is 1. The number of Topliss-reactive ketones (excluding diaryl/α,β-unsaturated/α-hetero) is 1. The Morgan fingerprint density at radius 2 is 2.10 bits per heavy atom. The van der Waals surface area contributed by atoms with Gasteiger partial charge in [-0.25, -0.2) is 4.39 Å². The molecule has 170 valence electrons. The second kappa shape index (κ2) is 11.0. The lowest BCUT2D eigenvalue weighted by atomic mass is 10.0. The maximum Gasteiger partial charge on any atom is 0.308 e. The van der Waals surface area contributed by atoms with E-state index in [4.69, 9.17) is 14.2 Å². The molecule has 1 aromatic heterocycles. The first kappa shape index (κ1) is 23.6. The Bertz CT molecular complexity index is 918. The molecule has 0 aliphatic carbocycles. The van der Waals surface area contributed by atoms with E-state index in [9.17, 15) is 9.59 Å². The summed E-state index contributed by atoms with van der Waals surface area (Å²) in [4.78, 5) is 24.6. The monoisotopic (exact) mass is 452 g/mol. The number of benzene rings is 1. The third-order valence-corrected chi connectivity index (χ3v) is 6.55. The van der Waals surface area contributed by atoms with E-state index >= 15 is 4.39 Å². The van der Waals surface area contributed by atoms with Crippen LogP contribution in [0.1, 0.15) is 54.3 Å². The summed E-state index contributed by atoms with van der Waals surface area (Å²) in [5, 5.41) is 0.395. The maximum atomic E-state index is 15.3. The van der Waals surface area contributed by atoms with E-state index in [1.54, 1.807) is 19.1 Å². The molecule has 1 fully saturated rings. The molecule has 8 heteroatoms. The predicted octanol–water partition coefficient (Wildman–Crippen LogP) is 4.91. The number of hydrogen-bond donors (Lipinski definition) is 0. The van der Waals surface area contributed by atoms with E-state index in [0.29, 0.717) is 45.7 Å². The van der Waals surface area contributed by atoms with Crippen molar-refractivity contribution in [1.82, 2.24) is 0 Å². The highest BCUT2D eigenvalue weighted by atomic mass is 32.1. The number of ether oxygens (including phenoxy) is 4. The van der Waals surface area contributed by atoms with Crippen molar-refractivity contribution in [2.45, 2.75) is 51.7 Å². The smallest absolute Gasteiger partial charge is 0.308 e. The van der Waals surface area contributed by atoms with E-state index in [1.165, 1.54) is 25.6 Å². The number of carbonyl (C=O) groups is 2. The maximum absolute atomic E-state index is 15.3. The highest BCUT2D eigenvalue weighted by Crippen LogP contribution is 2.36. The van der Waals surface area contributed by atoms with Gasteiger partial charge in [0.15, 0.2) is 12.1 Å². The number of rotatable bonds is 10. The van der Waals surface area contributed by atoms with Crippen LogP contribution in [0.4, 0.5) is 4.39 Å². The van der Waals surface area contributed by atoms with Gasteiger partial charge in [0.2, 0.25) is 0 Å². The minimum absolute atomic E-state index is 0.0195. The molecule has 0 bridgehead atoms. The molecule has 2 atom stereocenters. The Balaban J connectivity index is 1.71. The summed E-state index contributed by atoms with van der Waals surface area (Å²) in [6.07, 6.45) is 3.99. The van der Waals surface area contributed by atoms with Gasteiger partial charge in [-0.2, -0.15) is 0 Å². The van der Waals surface area contributed by atoms with Crippen LogP contribution < -0.4 is 4.74 Å². The minimum Gasteiger partial charge on any atom is -0.496 e. The molecule has 2 aromatic rings. The van der Waals surface area contributed by atoms with E-state index in [0.717, 1.165) is 25.9 Å². The number of fused-ring (bicyclic) bond motifs is 1. The first-order valence-corrected chi connectivity index (χ1v) is 11.4. The zero-order valence-corrected chi connectivity index (χ0v) is 19.0. The highest BCUT2D eigenvalue weighted by Gasteiger charge is 2.23. The molecule has 0 radical (unpaired) electrons. The average Bonchev–Trinajstić information content (AvgIpc) is 3.22. The fourth-order valence-corrected chi connectivity index (χ4v) is 4.72. The van der Waals surface area contributed by atoms with Crippen molar-refractivity contribution in [1.29, 1.82) is 0 Å². The zero-order chi connectivity index (χ0) is 22.4. The van der Waals surface area contributed by atoms with Crippen LogP contribution in [-0.2, 0) is 25.4 Å². The second-order valence-electron chi connectivity index (χ2n) is 7.72. The summed E-state index contributed by atoms with van der Waals surface area (Å²) in [6, 6.07) is 3.33. The van der Waals surface area contributed by atoms with E-state index in [1.807, 2.05) is 0 Å². The van der Waals surface area contributed by atoms with Gasteiger partial charge in [-0.05, 0) is 44.2 Å². The average molecular weight is 453 g/mol. The molecule has 0 saturated carbocycles. The van der Waals surface area contributed by atoms with Gasteiger partial charge in [0, 0.05) is 28.7 Å². The lowest BCUT2D eigenvalue weighted by Crippen LogP contribution is -2.22. The summed E-state index contributed by atoms with van der Waals surface area (Å²) in [5.41, 5.74) is 0.475. The number of hydrogen-bond acceptors (Lipinski definition) is 7. The Labute approximate surface area is 185 Å². The van der Waals surface area contributed by atoms with E-state index in [-0.39, 0.29) is 24.3 Å². The largest absolute Gasteiger partial charge is 0.496 e. The van der Waals surface area contributed by atoms with Crippen molar-refractivity contribution in [2.75, 3.05) is 27.4 Å². The summed E-state index contributed by atoms with van der Waals surface area (Å²) in [5.74, 6) is -1.11.